The van der Waals surface area contributed by atoms with E-state index in [0.29, 0.717) is 90.5 Å². The van der Waals surface area contributed by atoms with Gasteiger partial charge in [-0.15, -0.1) is 0 Å². The van der Waals surface area contributed by atoms with E-state index in [1.807, 2.05) is 18.9 Å². The molecule has 35 heteroatoms. The third kappa shape index (κ3) is 20.2. The molecule has 0 unspecified atom stereocenters. The van der Waals surface area contributed by atoms with Crippen molar-refractivity contribution in [3.63, 3.8) is 0 Å². The smallest absolute Gasteiger partial charge is 0.302 e. The second-order valence-corrected chi connectivity index (χ2v) is 28.2. The zero-order chi connectivity index (χ0) is 120. The van der Waals surface area contributed by atoms with E-state index in [1.165, 1.54) is 25.1 Å². The molecule has 15 rings (SSSR count). The number of likely N-dealkylation sites (N-methyl/N-ethyl adjacent to an activating group) is 5. The molecule has 10 aromatic heterocycles. The monoisotopic (exact) mass is 1670 g/mol. The van der Waals surface area contributed by atoms with Gasteiger partial charge in [0.1, 0.15) is 103 Å². The lowest BCUT2D eigenvalue weighted by molar-refractivity contribution is -0.131. The first kappa shape index (κ1) is 49.3. The maximum absolute atomic E-state index is 12.7. The second-order valence-electron chi connectivity index (χ2n) is 28.2. The van der Waals surface area contributed by atoms with Crippen molar-refractivity contribution in [3.05, 3.63) is 147 Å². The number of hydrogen-bond acceptors (Lipinski definition) is 20. The van der Waals surface area contributed by atoms with Gasteiger partial charge in [-0.05, 0) is 126 Å². The van der Waals surface area contributed by atoms with Crippen molar-refractivity contribution in [1.29, 1.82) is 0 Å². The van der Waals surface area contributed by atoms with Crippen molar-refractivity contribution in [2.45, 2.75) is 131 Å². The van der Waals surface area contributed by atoms with E-state index in [1.54, 1.807) is 27.7 Å². The zero-order valence-corrected chi connectivity index (χ0v) is 66.5. The molecule has 35 nitrogen and oxygen atoms in total. The number of nitrogens with zero attached hydrogens (tertiary/aromatic N) is 25. The molecule has 5 fully saturated rings. The van der Waals surface area contributed by atoms with Crippen LogP contribution in [-0.4, -0.2) is 292 Å². The second kappa shape index (κ2) is 39.4. The van der Waals surface area contributed by atoms with Crippen molar-refractivity contribution in [2.24, 2.45) is 29.5 Å². The number of likely N-dealkylation sites (tertiary alicyclic amines) is 5. The molecule has 0 aliphatic carbocycles. The Morgan fingerprint density at radius 3 is 0.950 bits per heavy atom. The molecule has 0 bridgehead atoms. The number of piperidine rings is 5. The number of carbonyl (C=O) groups is 5. The van der Waals surface area contributed by atoms with Crippen LogP contribution in [0.1, 0.15) is 149 Å². The molecule has 10 aromatic rings. The van der Waals surface area contributed by atoms with E-state index in [2.05, 4.69) is 106 Å². The van der Waals surface area contributed by atoms with Gasteiger partial charge in [0.15, 0.2) is 0 Å². The Morgan fingerprint density at radius 2 is 0.642 bits per heavy atom. The quantitative estimate of drug-likeness (QED) is 0.0597. The molecule has 5 amide bonds. The molecule has 5 aliphatic rings. The number of H-pyrrole nitrogens is 5. The van der Waals surface area contributed by atoms with E-state index >= 15 is 0 Å². The summed E-state index contributed by atoms with van der Waals surface area (Å²) in [5, 5.41) is 0.676. The number of fused-ring (bicyclic) bond motifs is 5. The van der Waals surface area contributed by atoms with Crippen LogP contribution in [0.25, 0.3) is 79.4 Å². The standard InChI is InChI=1S/5C17H22N6O/c5*1-11-5-6-23(15(24)8-18-3)9-14(11)22(4)17-13-7-12(2)21-16(13)19-10-20-17/h5*7,10-11,14H,5-6,8-9H2,1-2,4H3,(H,19,20,21)/t5*11-,14+/m11111/s1/i1D3,4D3,7D,8D2,11D,14D;4D3,7D,8D2,11D,14D;1D3,4D3,7D,8D2,14D;4D3,7D,8D2,14D;7D,8D2. The molecule has 0 radical (unpaired) electrons. The van der Waals surface area contributed by atoms with Crippen LogP contribution >= 0.6 is 0 Å². The predicted octanol–water partition coefficient (Wildman–Crippen LogP) is 9.29. The summed E-state index contributed by atoms with van der Waals surface area (Å²) in [7, 11) is 1.86. The van der Waals surface area contributed by atoms with Crippen molar-refractivity contribution in [2.75, 3.05) is 157 Å². The first-order valence-corrected chi connectivity index (χ1v) is 37.1. The number of nitrogens with one attached hydrogen (secondary N) is 5. The number of aromatic amines is 5. The Morgan fingerprint density at radius 1 is 0.383 bits per heavy atom. The Kier molecular flexibility index (Phi) is 16.2. The average molecular weight is 1670 g/mol. The highest BCUT2D eigenvalue weighted by atomic mass is 16.2. The van der Waals surface area contributed by atoms with Crippen molar-refractivity contribution in [3.8, 4) is 0 Å². The van der Waals surface area contributed by atoms with Gasteiger partial charge in [-0.2, -0.15) is 0 Å². The lowest BCUT2D eigenvalue weighted by atomic mass is 9.92. The molecule has 0 spiro atoms. The summed E-state index contributed by atoms with van der Waals surface area (Å²) in [5.41, 5.74) is 3.42. The van der Waals surface area contributed by atoms with Crippen molar-refractivity contribution < 1.29 is 77.4 Å². The Balaban J connectivity index is 0.000000188. The first-order chi connectivity index (χ1) is 72.7. The van der Waals surface area contributed by atoms with Gasteiger partial charge in [-0.1, -0.05) is 34.5 Å². The summed E-state index contributed by atoms with van der Waals surface area (Å²) >= 11 is 0. The largest absolute Gasteiger partial charge is 0.354 e. The van der Waals surface area contributed by atoms with Gasteiger partial charge in [0.2, 0.25) is 0 Å². The van der Waals surface area contributed by atoms with E-state index in [9.17, 15) is 26.7 Å². The Bertz CT molecular complexity index is 7440. The number of hydrogen-bond donors (Lipinski definition) is 5. The molecular formula is C85H110N30O5. The van der Waals surface area contributed by atoms with Crippen LogP contribution in [0.15, 0.2) is 61.8 Å². The maximum atomic E-state index is 12.7. The van der Waals surface area contributed by atoms with Gasteiger partial charge in [0.05, 0.1) is 69.4 Å². The SMILES string of the molecule is [2H]c1c(C)[nH]c2ncnc(N(C([2H])([2H])[2H])[C@@]3([2H])CN(C(=O)C([2H])([2H])[N+]#[C-])CC[C@@]3([2H])C([2H])([2H])[2H])c12.[2H]c1c(C)[nH]c2ncnc(N(C([2H])([2H])[2H])[C@@]3([2H])CN(C(=O)C([2H])([2H])[N+]#[C-])CC[C@@]3([2H])C)c12.[2H]c1c(C)[nH]c2ncnc(N(C([2H])([2H])[2H])[C@@]3([2H])CN(C(=O)C([2H])([2H])[N+]#[C-])CC[C@H]3C([2H])([2H])[2H])c12.[2H]c1c(C)[nH]c2ncnc(N(C([2H])([2H])[2H])[C@@]3([2H])CN(C(=O)C([2H])([2H])[N+]#[C-])CC[C@H]3C)c12.[2H]c1c(C)[nH]c2ncnc(N(C)[C@H]3CN(C(=O)C([2H])([2H])[N+]#[C-])CC[C@H]3C)c12. The van der Waals surface area contributed by atoms with Crippen molar-refractivity contribution >= 4 is 114 Å². The molecule has 120 heavy (non-hydrogen) atoms. The minimum atomic E-state index is -3.29. The summed E-state index contributed by atoms with van der Waals surface area (Å²) in [6.07, 6.45) is 5.36. The number of carbonyl (C=O) groups excluding carboxylic acids is 5. The maximum Gasteiger partial charge on any atom is 0.302 e. The Hall–Kier alpha value is -13.1. The molecule has 5 saturated heterocycles. The summed E-state index contributed by atoms with van der Waals surface area (Å²) in [4.78, 5) is 141. The number of rotatable bonds is 15. The molecule has 5 aliphatic heterocycles. The van der Waals surface area contributed by atoms with E-state index < -0.39 is 196 Å². The number of anilines is 5. The summed E-state index contributed by atoms with van der Waals surface area (Å²) < 4.78 is 318. The number of aryl methyl sites for hydroxylation is 5. The summed E-state index contributed by atoms with van der Waals surface area (Å²) in [5.74, 6) is -12.9. The fourth-order valence-electron chi connectivity index (χ4n) is 13.9. The highest BCUT2D eigenvalue weighted by Gasteiger charge is 2.39. The minimum Gasteiger partial charge on any atom is -0.354 e. The highest BCUT2D eigenvalue weighted by molar-refractivity contribution is 5.92. The third-order valence-electron chi connectivity index (χ3n) is 20.2. The zero-order valence-electron chi connectivity index (χ0n) is 106. The molecule has 10 atom stereocenters. The lowest BCUT2D eigenvalue weighted by Crippen LogP contribution is -2.53. The molecule has 15 heterocycles. The highest BCUT2D eigenvalue weighted by Crippen LogP contribution is 2.36. The van der Waals surface area contributed by atoms with Crippen LogP contribution < -0.4 is 24.5 Å². The van der Waals surface area contributed by atoms with Crippen LogP contribution in [0, 0.1) is 97.0 Å². The average Bonchev–Trinajstić information content (AvgIpc) is 1.60. The van der Waals surface area contributed by atoms with Crippen molar-refractivity contribution in [1.82, 2.24) is 99.3 Å². The fraction of sp³-hybridized carbons (Fsp3) is 0.529. The Labute approximate surface area is 755 Å². The summed E-state index contributed by atoms with van der Waals surface area (Å²) in [6, 6.07) is -9.88. The van der Waals surface area contributed by atoms with Gasteiger partial charge in [-0.3, -0.25) is 24.0 Å². The van der Waals surface area contributed by atoms with Gasteiger partial charge in [0.25, 0.3) is 32.5 Å². The first-order valence-electron chi connectivity index (χ1n) is 56.6. The molecule has 630 valence electrons. The predicted molar refractivity (Wildman–Crippen MR) is 463 cm³/mol. The number of aromatic nitrogens is 15. The minimum absolute atomic E-state index is 0.00387. The van der Waals surface area contributed by atoms with Crippen LogP contribution in [0.3, 0.4) is 0 Å². The topological polar surface area (TPSA) is 347 Å². The normalized spacial score (nSPS) is 30.5. The summed E-state index contributed by atoms with van der Waals surface area (Å²) in [6.45, 7) is 12.4. The van der Waals surface area contributed by atoms with Gasteiger partial charge in [-0.25, -0.2) is 82.7 Å². The number of amides is 5. The third-order valence-corrected chi connectivity index (χ3v) is 20.2. The molecule has 0 saturated carbocycles. The molecular weight excluding hydrogens is 1520 g/mol. The van der Waals surface area contributed by atoms with Crippen LogP contribution in [0.5, 0.6) is 0 Å². The van der Waals surface area contributed by atoms with Crippen LogP contribution in [-0.2, 0) is 24.0 Å². The van der Waals surface area contributed by atoms with Crippen LogP contribution in [0.2, 0.25) is 0 Å². The fourth-order valence-corrected chi connectivity index (χ4v) is 13.9. The van der Waals surface area contributed by atoms with Gasteiger partial charge < -0.3 is 98.1 Å². The van der Waals surface area contributed by atoms with E-state index in [0.717, 1.165) is 44.9 Å². The van der Waals surface area contributed by atoms with Crippen LogP contribution in [0.4, 0.5) is 29.1 Å². The van der Waals surface area contributed by atoms with Gasteiger partial charge >= 0.3 is 29.5 Å². The molecule has 5 N–H and O–H groups in total. The van der Waals surface area contributed by atoms with E-state index in [-0.39, 0.29) is 137 Å². The van der Waals surface area contributed by atoms with Gasteiger partial charge in [0, 0.05) is 156 Å². The van der Waals surface area contributed by atoms with E-state index in [4.69, 9.17) is 83.6 Å². The molecule has 0 aromatic carbocycles. The lowest BCUT2D eigenvalue weighted by Gasteiger charge is -2.41.